The molecule has 134 valence electrons. The van der Waals surface area contributed by atoms with Crippen LogP contribution in [-0.4, -0.2) is 44.3 Å². The van der Waals surface area contributed by atoms with E-state index in [0.29, 0.717) is 11.4 Å². The molecule has 0 saturated carbocycles. The summed E-state index contributed by atoms with van der Waals surface area (Å²) >= 11 is 1.41. The van der Waals surface area contributed by atoms with Crippen molar-refractivity contribution in [1.82, 2.24) is 10.2 Å². The fourth-order valence-corrected chi connectivity index (χ4v) is 3.23. The summed E-state index contributed by atoms with van der Waals surface area (Å²) in [7, 11) is 5.57. The number of likely N-dealkylation sites (N-methyl/N-ethyl adjacent to an activating group) is 1. The highest BCUT2D eigenvalue weighted by Crippen LogP contribution is 2.22. The number of Topliss-reactive ketones (excluding diaryl/α,β-unsaturated/α-hetero) is 1. The lowest BCUT2D eigenvalue weighted by Crippen LogP contribution is -2.34. The lowest BCUT2D eigenvalue weighted by Gasteiger charge is -2.25. The highest BCUT2D eigenvalue weighted by molar-refractivity contribution is 7.12. The minimum Gasteiger partial charge on any atom is -0.497 e. The van der Waals surface area contributed by atoms with Gasteiger partial charge in [0.25, 0.3) is 0 Å². The number of nitrogens with one attached hydrogen (secondary N) is 1. The van der Waals surface area contributed by atoms with Crippen molar-refractivity contribution in [2.45, 2.75) is 18.9 Å². The third-order valence-corrected chi connectivity index (χ3v) is 4.88. The topological polar surface area (TPSA) is 58.6 Å². The van der Waals surface area contributed by atoms with E-state index in [4.69, 9.17) is 4.74 Å². The van der Waals surface area contributed by atoms with Crippen molar-refractivity contribution in [3.05, 3.63) is 52.2 Å². The highest BCUT2D eigenvalue weighted by atomic mass is 32.1. The van der Waals surface area contributed by atoms with Crippen LogP contribution in [0.2, 0.25) is 0 Å². The van der Waals surface area contributed by atoms with Crippen LogP contribution in [0.3, 0.4) is 0 Å². The molecule has 2 aromatic rings. The molecule has 1 N–H and O–H groups in total. The van der Waals surface area contributed by atoms with Gasteiger partial charge in [-0.3, -0.25) is 9.59 Å². The Labute approximate surface area is 152 Å². The highest BCUT2D eigenvalue weighted by Gasteiger charge is 2.16. The molecule has 25 heavy (non-hydrogen) atoms. The van der Waals surface area contributed by atoms with Crippen molar-refractivity contribution >= 4 is 23.0 Å². The summed E-state index contributed by atoms with van der Waals surface area (Å²) < 4.78 is 5.27. The molecule has 0 saturated heterocycles. The van der Waals surface area contributed by atoms with Crippen LogP contribution in [-0.2, 0) is 4.79 Å². The van der Waals surface area contributed by atoms with Crippen LogP contribution in [0, 0.1) is 0 Å². The SMILES string of the molecule is COc1cccc(C(CNC(=O)CCC(=O)c2cccs2)N(C)C)c1. The number of hydrogen-bond acceptors (Lipinski definition) is 5. The quantitative estimate of drug-likeness (QED) is 0.698. The van der Waals surface area contributed by atoms with Crippen molar-refractivity contribution in [3.63, 3.8) is 0 Å². The van der Waals surface area contributed by atoms with Gasteiger partial charge >= 0.3 is 0 Å². The van der Waals surface area contributed by atoms with Crippen molar-refractivity contribution in [1.29, 1.82) is 0 Å². The van der Waals surface area contributed by atoms with E-state index in [1.165, 1.54) is 11.3 Å². The van der Waals surface area contributed by atoms with Crippen molar-refractivity contribution in [2.24, 2.45) is 0 Å². The van der Waals surface area contributed by atoms with E-state index in [-0.39, 0.29) is 30.6 Å². The van der Waals surface area contributed by atoms with Gasteiger partial charge in [-0.25, -0.2) is 0 Å². The predicted molar refractivity (Wildman–Crippen MR) is 100 cm³/mol. The zero-order valence-electron chi connectivity index (χ0n) is 14.8. The molecule has 0 aliphatic carbocycles. The van der Waals surface area contributed by atoms with Gasteiger partial charge in [-0.2, -0.15) is 0 Å². The van der Waals surface area contributed by atoms with Crippen molar-refractivity contribution < 1.29 is 14.3 Å². The van der Waals surface area contributed by atoms with Gasteiger partial charge < -0.3 is 15.0 Å². The monoisotopic (exact) mass is 360 g/mol. The molecule has 0 bridgehead atoms. The third kappa shape index (κ3) is 5.69. The lowest BCUT2D eigenvalue weighted by molar-refractivity contribution is -0.121. The summed E-state index contributed by atoms with van der Waals surface area (Å²) in [6.45, 7) is 0.478. The molecule has 6 heteroatoms. The van der Waals surface area contributed by atoms with E-state index in [1.807, 2.05) is 54.7 Å². The minimum absolute atomic E-state index is 0.0158. The van der Waals surface area contributed by atoms with Crippen LogP contribution in [0.25, 0.3) is 0 Å². The second kappa shape index (κ2) is 9.34. The molecule has 1 amide bonds. The molecule has 0 spiro atoms. The zero-order chi connectivity index (χ0) is 18.2. The molecular formula is C19H24N2O3S. The maximum atomic E-state index is 12.1. The van der Waals surface area contributed by atoms with Gasteiger partial charge in [0.05, 0.1) is 18.0 Å². The fraction of sp³-hybridized carbons (Fsp3) is 0.368. The van der Waals surface area contributed by atoms with Gasteiger partial charge in [-0.05, 0) is 43.2 Å². The Morgan fingerprint density at radius 1 is 1.20 bits per heavy atom. The number of ether oxygens (including phenoxy) is 1. The van der Waals surface area contributed by atoms with E-state index in [2.05, 4.69) is 5.32 Å². The Morgan fingerprint density at radius 2 is 2.00 bits per heavy atom. The number of carbonyl (C=O) groups excluding carboxylic acids is 2. The van der Waals surface area contributed by atoms with Gasteiger partial charge in [-0.1, -0.05) is 18.2 Å². The summed E-state index contributed by atoms with van der Waals surface area (Å²) in [5.74, 6) is 0.693. The molecule has 2 rings (SSSR count). The molecule has 1 aromatic heterocycles. The van der Waals surface area contributed by atoms with Gasteiger partial charge in [0.15, 0.2) is 5.78 Å². The number of benzene rings is 1. The van der Waals surface area contributed by atoms with E-state index in [0.717, 1.165) is 11.3 Å². The van der Waals surface area contributed by atoms with Crippen LogP contribution in [0.1, 0.15) is 34.1 Å². The average molecular weight is 360 g/mol. The van der Waals surface area contributed by atoms with E-state index in [1.54, 1.807) is 13.2 Å². The molecule has 0 aliphatic heterocycles. The maximum absolute atomic E-state index is 12.1. The number of carbonyl (C=O) groups is 2. The first-order valence-corrected chi connectivity index (χ1v) is 9.03. The number of ketones is 1. The summed E-state index contributed by atoms with van der Waals surface area (Å²) in [4.78, 5) is 26.8. The Hall–Kier alpha value is -2.18. The van der Waals surface area contributed by atoms with Crippen LogP contribution in [0.4, 0.5) is 0 Å². The first-order chi connectivity index (χ1) is 12.0. The summed E-state index contributed by atoms with van der Waals surface area (Å²) in [6.07, 6.45) is 0.438. The second-order valence-corrected chi connectivity index (χ2v) is 6.91. The Kier molecular flexibility index (Phi) is 7.16. The fourth-order valence-electron chi connectivity index (χ4n) is 2.53. The predicted octanol–water partition coefficient (Wildman–Crippen LogP) is 3.14. The number of thiophene rings is 1. The van der Waals surface area contributed by atoms with E-state index >= 15 is 0 Å². The number of nitrogens with zero attached hydrogens (tertiary/aromatic N) is 1. The Balaban J connectivity index is 1.87. The summed E-state index contributed by atoms with van der Waals surface area (Å²) in [5.41, 5.74) is 1.07. The normalized spacial score (nSPS) is 12.0. The van der Waals surface area contributed by atoms with Crippen LogP contribution in [0.5, 0.6) is 5.75 Å². The molecule has 1 heterocycles. The van der Waals surface area contributed by atoms with E-state index < -0.39 is 0 Å². The Morgan fingerprint density at radius 3 is 2.64 bits per heavy atom. The maximum Gasteiger partial charge on any atom is 0.220 e. The largest absolute Gasteiger partial charge is 0.497 e. The van der Waals surface area contributed by atoms with Gasteiger partial charge in [-0.15, -0.1) is 11.3 Å². The van der Waals surface area contributed by atoms with E-state index in [9.17, 15) is 9.59 Å². The molecule has 1 aromatic carbocycles. The minimum atomic E-state index is -0.111. The molecule has 0 fully saturated rings. The molecule has 1 atom stereocenters. The summed E-state index contributed by atoms with van der Waals surface area (Å²) in [6, 6.07) is 11.5. The molecule has 0 aliphatic rings. The van der Waals surface area contributed by atoms with Crippen LogP contribution in [0.15, 0.2) is 41.8 Å². The molecule has 5 nitrogen and oxygen atoms in total. The second-order valence-electron chi connectivity index (χ2n) is 5.96. The Bertz CT molecular complexity index is 698. The van der Waals surface area contributed by atoms with Gasteiger partial charge in [0, 0.05) is 19.4 Å². The standard InChI is InChI=1S/C19H24N2O3S/c1-21(2)16(14-6-4-7-15(12-14)24-3)13-20-19(23)10-9-17(22)18-8-5-11-25-18/h4-8,11-12,16H,9-10,13H2,1-3H3,(H,20,23). The first-order valence-electron chi connectivity index (χ1n) is 8.15. The summed E-state index contributed by atoms with van der Waals surface area (Å²) in [5, 5.41) is 4.79. The smallest absolute Gasteiger partial charge is 0.220 e. The zero-order valence-corrected chi connectivity index (χ0v) is 15.6. The van der Waals surface area contributed by atoms with Crippen molar-refractivity contribution in [3.8, 4) is 5.75 Å². The lowest BCUT2D eigenvalue weighted by atomic mass is 10.1. The molecule has 1 unspecified atom stereocenters. The number of rotatable bonds is 9. The van der Waals surface area contributed by atoms with Crippen LogP contribution < -0.4 is 10.1 Å². The number of methoxy groups -OCH3 is 1. The third-order valence-electron chi connectivity index (χ3n) is 3.97. The van der Waals surface area contributed by atoms with Gasteiger partial charge in [0.1, 0.15) is 5.75 Å². The number of hydrogen-bond donors (Lipinski definition) is 1. The van der Waals surface area contributed by atoms with Crippen molar-refractivity contribution in [2.75, 3.05) is 27.7 Å². The number of amides is 1. The molecule has 0 radical (unpaired) electrons. The average Bonchev–Trinajstić information content (AvgIpc) is 3.14. The van der Waals surface area contributed by atoms with Crippen LogP contribution >= 0.6 is 11.3 Å². The first kappa shape index (κ1) is 19.1. The molecular weight excluding hydrogens is 336 g/mol. The van der Waals surface area contributed by atoms with Gasteiger partial charge in [0.2, 0.25) is 5.91 Å².